The minimum atomic E-state index is -0.907. The van der Waals surface area contributed by atoms with E-state index in [0.29, 0.717) is 10.8 Å². The van der Waals surface area contributed by atoms with Gasteiger partial charge in [0.2, 0.25) is 0 Å². The lowest BCUT2D eigenvalue weighted by Gasteiger charge is -2.09. The maximum absolute atomic E-state index is 10.5. The molecule has 0 aliphatic carbocycles. The van der Waals surface area contributed by atoms with E-state index in [1.807, 2.05) is 0 Å². The number of aromatic nitrogens is 1. The lowest BCUT2D eigenvalue weighted by molar-refractivity contribution is -0.137. The van der Waals surface area contributed by atoms with Crippen LogP contribution in [0.2, 0.25) is 5.15 Å². The minimum absolute atomic E-state index is 0.383. The first kappa shape index (κ1) is 9.80. The number of carboxylic acid groups (broad SMARTS) is 1. The van der Waals surface area contributed by atoms with Gasteiger partial charge in [0.05, 0.1) is 11.9 Å². The molecule has 1 aromatic rings. The molecular weight excluding hydrogens is 192 g/mol. The van der Waals surface area contributed by atoms with Crippen LogP contribution in [-0.4, -0.2) is 22.1 Å². The van der Waals surface area contributed by atoms with Crippen molar-refractivity contribution in [1.82, 2.24) is 4.98 Å². The predicted molar refractivity (Wildman–Crippen MR) is 50.0 cm³/mol. The molecule has 70 valence electrons. The number of nitrogens with zero attached hydrogens (tertiary/aromatic N) is 1. The van der Waals surface area contributed by atoms with Crippen molar-refractivity contribution in [2.45, 2.75) is 13.0 Å². The van der Waals surface area contributed by atoms with Crippen LogP contribution in [-0.2, 0) is 4.79 Å². The largest absolute Gasteiger partial charge is 0.480 e. The van der Waals surface area contributed by atoms with Crippen LogP contribution < -0.4 is 5.32 Å². The molecule has 2 N–H and O–H groups in total. The second-order valence-corrected chi connectivity index (χ2v) is 2.96. The molecule has 0 aliphatic rings. The zero-order chi connectivity index (χ0) is 9.84. The van der Waals surface area contributed by atoms with Crippen LogP contribution in [0.25, 0.3) is 0 Å². The molecule has 1 aromatic heterocycles. The number of nitrogens with one attached hydrogen (secondary N) is 1. The number of anilines is 1. The molecule has 0 fully saturated rings. The number of carboxylic acids is 1. The Morgan fingerprint density at radius 2 is 2.38 bits per heavy atom. The number of halogens is 1. The second-order valence-electron chi connectivity index (χ2n) is 2.57. The van der Waals surface area contributed by atoms with E-state index in [0.717, 1.165) is 0 Å². The molecule has 0 amide bonds. The molecule has 1 unspecified atom stereocenters. The Kier molecular flexibility index (Phi) is 3.08. The van der Waals surface area contributed by atoms with Gasteiger partial charge in [-0.1, -0.05) is 11.6 Å². The van der Waals surface area contributed by atoms with Crippen LogP contribution >= 0.6 is 11.6 Å². The molecule has 4 nitrogen and oxygen atoms in total. The van der Waals surface area contributed by atoms with Crippen LogP contribution in [0.15, 0.2) is 18.3 Å². The number of aliphatic carboxylic acids is 1. The van der Waals surface area contributed by atoms with E-state index in [1.54, 1.807) is 19.1 Å². The van der Waals surface area contributed by atoms with Crippen molar-refractivity contribution in [1.29, 1.82) is 0 Å². The highest BCUT2D eigenvalue weighted by Gasteiger charge is 2.09. The smallest absolute Gasteiger partial charge is 0.325 e. The van der Waals surface area contributed by atoms with Gasteiger partial charge in [-0.2, -0.15) is 0 Å². The first-order valence-corrected chi connectivity index (χ1v) is 4.08. The Labute approximate surface area is 80.6 Å². The van der Waals surface area contributed by atoms with Crippen molar-refractivity contribution in [3.8, 4) is 0 Å². The van der Waals surface area contributed by atoms with E-state index in [-0.39, 0.29) is 0 Å². The van der Waals surface area contributed by atoms with Gasteiger partial charge in [-0.3, -0.25) is 4.79 Å². The summed E-state index contributed by atoms with van der Waals surface area (Å²) < 4.78 is 0. The van der Waals surface area contributed by atoms with Crippen molar-refractivity contribution >= 4 is 23.3 Å². The van der Waals surface area contributed by atoms with E-state index in [9.17, 15) is 4.79 Å². The SMILES string of the molecule is CC(Nc1ccc(Cl)nc1)C(=O)O. The Bertz CT molecular complexity index is 300. The summed E-state index contributed by atoms with van der Waals surface area (Å²) in [5.74, 6) is -0.907. The molecule has 0 aliphatic heterocycles. The van der Waals surface area contributed by atoms with Crippen LogP contribution in [0.4, 0.5) is 5.69 Å². The molecule has 13 heavy (non-hydrogen) atoms. The quantitative estimate of drug-likeness (QED) is 0.728. The molecule has 0 radical (unpaired) electrons. The number of carbonyl (C=O) groups is 1. The zero-order valence-corrected chi connectivity index (χ0v) is 7.75. The summed E-state index contributed by atoms with van der Waals surface area (Å²) in [6.45, 7) is 1.55. The summed E-state index contributed by atoms with van der Waals surface area (Å²) >= 11 is 5.56. The lowest BCUT2D eigenvalue weighted by atomic mass is 10.3. The van der Waals surface area contributed by atoms with Gasteiger partial charge in [-0.15, -0.1) is 0 Å². The highest BCUT2D eigenvalue weighted by Crippen LogP contribution is 2.10. The summed E-state index contributed by atoms with van der Waals surface area (Å²) in [6.07, 6.45) is 1.49. The number of hydrogen-bond acceptors (Lipinski definition) is 3. The van der Waals surface area contributed by atoms with Gasteiger partial charge in [0.25, 0.3) is 0 Å². The maximum atomic E-state index is 10.5. The summed E-state index contributed by atoms with van der Waals surface area (Å²) in [6, 6.07) is 2.63. The molecule has 0 bridgehead atoms. The third-order valence-corrected chi connectivity index (χ3v) is 1.70. The molecule has 0 aromatic carbocycles. The van der Waals surface area contributed by atoms with Gasteiger partial charge in [0, 0.05) is 0 Å². The predicted octanol–water partition coefficient (Wildman–Crippen LogP) is 1.62. The van der Waals surface area contributed by atoms with Crippen molar-refractivity contribution in [2.24, 2.45) is 0 Å². The van der Waals surface area contributed by atoms with Crippen LogP contribution in [0.1, 0.15) is 6.92 Å². The summed E-state index contributed by atoms with van der Waals surface area (Å²) in [5.41, 5.74) is 0.638. The van der Waals surface area contributed by atoms with Crippen LogP contribution in [0.5, 0.6) is 0 Å². The van der Waals surface area contributed by atoms with E-state index in [4.69, 9.17) is 16.7 Å². The van der Waals surface area contributed by atoms with Crippen molar-refractivity contribution < 1.29 is 9.90 Å². The minimum Gasteiger partial charge on any atom is -0.480 e. The Morgan fingerprint density at radius 1 is 1.69 bits per heavy atom. The Morgan fingerprint density at radius 3 is 2.85 bits per heavy atom. The highest BCUT2D eigenvalue weighted by atomic mass is 35.5. The van der Waals surface area contributed by atoms with E-state index in [2.05, 4.69) is 10.3 Å². The third kappa shape index (κ3) is 2.91. The molecule has 0 saturated heterocycles. The average Bonchev–Trinajstić information content (AvgIpc) is 2.08. The molecule has 0 spiro atoms. The topological polar surface area (TPSA) is 62.2 Å². The zero-order valence-electron chi connectivity index (χ0n) is 6.99. The van der Waals surface area contributed by atoms with Crippen LogP contribution in [0.3, 0.4) is 0 Å². The van der Waals surface area contributed by atoms with E-state index < -0.39 is 12.0 Å². The molecule has 1 atom stereocenters. The fourth-order valence-electron chi connectivity index (χ4n) is 0.773. The Balaban J connectivity index is 2.64. The number of hydrogen-bond donors (Lipinski definition) is 2. The second kappa shape index (κ2) is 4.09. The Hall–Kier alpha value is -1.29. The van der Waals surface area contributed by atoms with Gasteiger partial charge in [0.15, 0.2) is 0 Å². The van der Waals surface area contributed by atoms with Gasteiger partial charge in [0.1, 0.15) is 11.2 Å². The molecule has 5 heteroatoms. The molecule has 0 saturated carbocycles. The highest BCUT2D eigenvalue weighted by molar-refractivity contribution is 6.29. The van der Waals surface area contributed by atoms with Gasteiger partial charge >= 0.3 is 5.97 Å². The molecule has 1 heterocycles. The van der Waals surface area contributed by atoms with Crippen molar-refractivity contribution in [2.75, 3.05) is 5.32 Å². The van der Waals surface area contributed by atoms with Gasteiger partial charge in [-0.25, -0.2) is 4.98 Å². The van der Waals surface area contributed by atoms with Gasteiger partial charge < -0.3 is 10.4 Å². The monoisotopic (exact) mass is 200 g/mol. The number of rotatable bonds is 3. The number of pyridine rings is 1. The van der Waals surface area contributed by atoms with Crippen molar-refractivity contribution in [3.05, 3.63) is 23.5 Å². The first-order chi connectivity index (χ1) is 6.09. The average molecular weight is 201 g/mol. The fourth-order valence-corrected chi connectivity index (χ4v) is 0.885. The van der Waals surface area contributed by atoms with Crippen LogP contribution in [0, 0.1) is 0 Å². The van der Waals surface area contributed by atoms with E-state index in [1.165, 1.54) is 6.20 Å². The molecule has 1 rings (SSSR count). The van der Waals surface area contributed by atoms with Crippen molar-refractivity contribution in [3.63, 3.8) is 0 Å². The first-order valence-electron chi connectivity index (χ1n) is 3.70. The van der Waals surface area contributed by atoms with E-state index >= 15 is 0 Å². The lowest BCUT2D eigenvalue weighted by Crippen LogP contribution is -2.25. The third-order valence-electron chi connectivity index (χ3n) is 1.48. The van der Waals surface area contributed by atoms with Gasteiger partial charge in [-0.05, 0) is 19.1 Å². The fraction of sp³-hybridized carbons (Fsp3) is 0.250. The normalized spacial score (nSPS) is 12.2. The summed E-state index contributed by atoms with van der Waals surface area (Å²) in [4.78, 5) is 14.3. The maximum Gasteiger partial charge on any atom is 0.325 e. The summed E-state index contributed by atoms with van der Waals surface area (Å²) in [5, 5.41) is 11.7. The summed E-state index contributed by atoms with van der Waals surface area (Å²) in [7, 11) is 0. The standard InChI is InChI=1S/C8H9ClN2O2/c1-5(8(12)13)11-6-2-3-7(9)10-4-6/h2-5,11H,1H3,(H,12,13). The molecular formula is C8H9ClN2O2.